The van der Waals surface area contributed by atoms with Gasteiger partial charge in [-0.3, -0.25) is 14.6 Å². The number of aromatic nitrogens is 2. The number of ketones is 1. The number of carbonyl (C=O) groups is 2. The Hall–Kier alpha value is -3.80. The minimum absolute atomic E-state index is 0.127. The number of nitrogens with one attached hydrogen (secondary N) is 1. The second kappa shape index (κ2) is 10.3. The molecule has 3 aromatic rings. The van der Waals surface area contributed by atoms with Crippen molar-refractivity contribution in [3.05, 3.63) is 90.2 Å². The summed E-state index contributed by atoms with van der Waals surface area (Å²) in [6, 6.07) is 18.6. The van der Waals surface area contributed by atoms with Crippen molar-refractivity contribution >= 4 is 17.4 Å². The Morgan fingerprint density at radius 3 is 2.43 bits per heavy atom. The van der Waals surface area contributed by atoms with Crippen molar-refractivity contribution in [2.45, 2.75) is 52.5 Å². The summed E-state index contributed by atoms with van der Waals surface area (Å²) in [6.07, 6.45) is 7.22. The molecule has 6 heteroatoms. The number of carbonyl (C=O) groups excluding carboxylic acids is 2. The number of aliphatic imine (C=N–C) groups is 1. The molecule has 5 rings (SSSR count). The van der Waals surface area contributed by atoms with E-state index in [1.165, 1.54) is 0 Å². The number of nitrogens with zero attached hydrogens (tertiary/aromatic N) is 3. The van der Waals surface area contributed by atoms with Crippen molar-refractivity contribution in [1.82, 2.24) is 14.9 Å². The van der Waals surface area contributed by atoms with E-state index in [0.717, 1.165) is 34.5 Å². The Balaban J connectivity index is 1.52. The Kier molecular flexibility index (Phi) is 6.92. The highest BCUT2D eigenvalue weighted by Crippen LogP contribution is 2.47. The van der Waals surface area contributed by atoms with Crippen LogP contribution in [0.1, 0.15) is 51.5 Å². The van der Waals surface area contributed by atoms with Crippen LogP contribution in [0.3, 0.4) is 0 Å². The number of fused-ring (bicyclic) bond motifs is 1. The number of benzene rings is 2. The monoisotopic (exact) mass is 494 g/mol. The lowest BCUT2D eigenvalue weighted by Crippen LogP contribution is -2.45. The maximum absolute atomic E-state index is 13.7. The smallest absolute Gasteiger partial charge is 0.249 e. The fourth-order valence-electron chi connectivity index (χ4n) is 5.72. The molecule has 2 heterocycles. The molecule has 1 fully saturated rings. The van der Waals surface area contributed by atoms with Gasteiger partial charge in [-0.05, 0) is 34.9 Å². The SMILES string of the molecule is CCC1=C(C(=O)NCCn2ccnc2)C(c2ccc(-c3ccccc3)cc2)C2C(=O)CC(C)(C)CC2=N1. The van der Waals surface area contributed by atoms with E-state index in [4.69, 9.17) is 4.99 Å². The summed E-state index contributed by atoms with van der Waals surface area (Å²) in [4.78, 5) is 36.3. The first-order valence-electron chi connectivity index (χ1n) is 13.1. The van der Waals surface area contributed by atoms with Gasteiger partial charge in [0.2, 0.25) is 5.91 Å². The number of amides is 1. The molecule has 6 nitrogen and oxygen atoms in total. The normalized spacial score (nSPS) is 20.8. The maximum atomic E-state index is 13.7. The molecule has 2 atom stereocenters. The Morgan fingerprint density at radius 1 is 1.03 bits per heavy atom. The molecule has 190 valence electrons. The molecule has 37 heavy (non-hydrogen) atoms. The van der Waals surface area contributed by atoms with Crippen LogP contribution in [-0.2, 0) is 16.1 Å². The van der Waals surface area contributed by atoms with Crippen LogP contribution in [-0.4, -0.2) is 33.5 Å². The fraction of sp³-hybridized carbons (Fsp3) is 0.355. The van der Waals surface area contributed by atoms with Crippen LogP contribution in [0, 0.1) is 11.3 Å². The average molecular weight is 495 g/mol. The zero-order valence-electron chi connectivity index (χ0n) is 21.8. The van der Waals surface area contributed by atoms with E-state index in [-0.39, 0.29) is 23.0 Å². The van der Waals surface area contributed by atoms with Gasteiger partial charge in [0.1, 0.15) is 5.78 Å². The Morgan fingerprint density at radius 2 is 1.76 bits per heavy atom. The molecule has 1 amide bonds. The van der Waals surface area contributed by atoms with Crippen LogP contribution in [0.5, 0.6) is 0 Å². The summed E-state index contributed by atoms with van der Waals surface area (Å²) in [6.45, 7) is 7.38. The quantitative estimate of drug-likeness (QED) is 0.466. The van der Waals surface area contributed by atoms with Gasteiger partial charge in [-0.15, -0.1) is 0 Å². The van der Waals surface area contributed by atoms with Gasteiger partial charge < -0.3 is 9.88 Å². The molecule has 0 spiro atoms. The van der Waals surface area contributed by atoms with Gasteiger partial charge in [-0.25, -0.2) is 4.98 Å². The molecule has 1 N–H and O–H groups in total. The van der Waals surface area contributed by atoms with Crippen LogP contribution in [0.2, 0.25) is 0 Å². The number of imidazole rings is 1. The maximum Gasteiger partial charge on any atom is 0.249 e. The summed E-state index contributed by atoms with van der Waals surface area (Å²) in [5, 5.41) is 3.09. The highest BCUT2D eigenvalue weighted by atomic mass is 16.2. The van der Waals surface area contributed by atoms with Crippen molar-refractivity contribution < 1.29 is 9.59 Å². The second-order valence-corrected chi connectivity index (χ2v) is 10.8. The predicted octanol–water partition coefficient (Wildman–Crippen LogP) is 5.57. The van der Waals surface area contributed by atoms with E-state index in [1.807, 2.05) is 35.9 Å². The Bertz CT molecular complexity index is 1340. The number of allylic oxidation sites excluding steroid dienone is 1. The molecular formula is C31H34N4O2. The number of Topliss-reactive ketones (excluding diaryl/α,β-unsaturated/α-hetero) is 1. The lowest BCUT2D eigenvalue weighted by Gasteiger charge is -2.41. The molecule has 2 aliphatic rings. The van der Waals surface area contributed by atoms with E-state index in [9.17, 15) is 9.59 Å². The molecule has 1 aliphatic heterocycles. The third kappa shape index (κ3) is 5.19. The van der Waals surface area contributed by atoms with Gasteiger partial charge in [0.05, 0.1) is 12.2 Å². The van der Waals surface area contributed by atoms with Gasteiger partial charge in [-0.1, -0.05) is 75.4 Å². The first-order valence-corrected chi connectivity index (χ1v) is 13.1. The van der Waals surface area contributed by atoms with E-state index in [1.54, 1.807) is 12.5 Å². The molecule has 0 bridgehead atoms. The number of hydrogen-bond acceptors (Lipinski definition) is 4. The standard InChI is InChI=1S/C31H34N4O2/c1-4-24-29(30(37)33-15-17-35-16-14-32-20-35)27(28-25(34-24)18-31(2,3)19-26(28)36)23-12-10-22(11-13-23)21-8-6-5-7-9-21/h5-14,16,20,27-28H,4,15,17-19H2,1-3H3,(H,33,37). The first kappa shape index (κ1) is 24.9. The fourth-order valence-corrected chi connectivity index (χ4v) is 5.72. The Labute approximate surface area is 218 Å². The zero-order chi connectivity index (χ0) is 26.0. The average Bonchev–Trinajstić information content (AvgIpc) is 3.41. The van der Waals surface area contributed by atoms with Gasteiger partial charge in [0.25, 0.3) is 0 Å². The van der Waals surface area contributed by atoms with Crippen molar-refractivity contribution in [2.24, 2.45) is 16.3 Å². The molecule has 0 radical (unpaired) electrons. The summed E-state index contributed by atoms with van der Waals surface area (Å²) < 4.78 is 1.93. The summed E-state index contributed by atoms with van der Waals surface area (Å²) in [5.41, 5.74) is 5.43. The summed E-state index contributed by atoms with van der Waals surface area (Å²) in [5.74, 6) is -0.718. The van der Waals surface area contributed by atoms with E-state index >= 15 is 0 Å². The van der Waals surface area contributed by atoms with Crippen LogP contribution in [0.4, 0.5) is 0 Å². The van der Waals surface area contributed by atoms with Crippen molar-refractivity contribution in [1.29, 1.82) is 0 Å². The van der Waals surface area contributed by atoms with E-state index in [2.05, 4.69) is 60.5 Å². The van der Waals surface area contributed by atoms with Gasteiger partial charge in [0.15, 0.2) is 0 Å². The molecular weight excluding hydrogens is 460 g/mol. The molecule has 0 saturated heterocycles. The van der Waals surface area contributed by atoms with Gasteiger partial charge >= 0.3 is 0 Å². The summed E-state index contributed by atoms with van der Waals surface area (Å²) in [7, 11) is 0. The largest absolute Gasteiger partial charge is 0.350 e. The number of hydrogen-bond donors (Lipinski definition) is 1. The van der Waals surface area contributed by atoms with Gasteiger partial charge in [-0.2, -0.15) is 0 Å². The predicted molar refractivity (Wildman–Crippen MR) is 146 cm³/mol. The second-order valence-electron chi connectivity index (χ2n) is 10.8. The van der Waals surface area contributed by atoms with Crippen molar-refractivity contribution in [3.8, 4) is 11.1 Å². The van der Waals surface area contributed by atoms with Gasteiger partial charge in [0, 0.05) is 54.8 Å². The van der Waals surface area contributed by atoms with Crippen molar-refractivity contribution in [3.63, 3.8) is 0 Å². The van der Waals surface area contributed by atoms with Crippen LogP contribution >= 0.6 is 0 Å². The lowest BCUT2D eigenvalue weighted by molar-refractivity contribution is -0.124. The van der Waals surface area contributed by atoms with Crippen LogP contribution in [0.15, 0.2) is 89.6 Å². The lowest BCUT2D eigenvalue weighted by atomic mass is 9.63. The molecule has 2 aromatic carbocycles. The van der Waals surface area contributed by atoms with Crippen molar-refractivity contribution in [2.75, 3.05) is 6.54 Å². The van der Waals surface area contributed by atoms with Crippen LogP contribution in [0.25, 0.3) is 11.1 Å². The molecule has 2 unspecified atom stereocenters. The molecule has 1 saturated carbocycles. The van der Waals surface area contributed by atoms with Crippen LogP contribution < -0.4 is 5.32 Å². The topological polar surface area (TPSA) is 76.3 Å². The minimum atomic E-state index is -0.403. The molecule has 1 aliphatic carbocycles. The minimum Gasteiger partial charge on any atom is -0.350 e. The third-order valence-electron chi connectivity index (χ3n) is 7.42. The zero-order valence-corrected chi connectivity index (χ0v) is 21.8. The number of rotatable bonds is 7. The highest BCUT2D eigenvalue weighted by Gasteiger charge is 2.47. The van der Waals surface area contributed by atoms with E-state index in [0.29, 0.717) is 31.5 Å². The molecule has 1 aromatic heterocycles. The summed E-state index contributed by atoms with van der Waals surface area (Å²) >= 11 is 0. The highest BCUT2D eigenvalue weighted by molar-refractivity contribution is 6.12. The third-order valence-corrected chi connectivity index (χ3v) is 7.42. The van der Waals surface area contributed by atoms with E-state index < -0.39 is 5.92 Å². The first-order chi connectivity index (χ1) is 17.9.